The Morgan fingerprint density at radius 3 is 1.14 bits per heavy atom. The molecule has 0 aliphatic carbocycles. The summed E-state index contributed by atoms with van der Waals surface area (Å²) in [7, 11) is 3.61. The van der Waals surface area contributed by atoms with Crippen molar-refractivity contribution in [3.05, 3.63) is 0 Å². The molecule has 0 radical (unpaired) electrons. The van der Waals surface area contributed by atoms with E-state index in [0.717, 1.165) is 20.8 Å². The Hall–Kier alpha value is 0.571. The molecule has 0 aliphatic rings. The van der Waals surface area contributed by atoms with Gasteiger partial charge in [-0.1, -0.05) is 33.2 Å². The molecule has 0 aromatic rings. The Bertz CT molecular complexity index is 50.0. The fourth-order valence-corrected chi connectivity index (χ4v) is 1.41. The summed E-state index contributed by atoms with van der Waals surface area (Å²) in [5.41, 5.74) is 0. The summed E-state index contributed by atoms with van der Waals surface area (Å²) < 4.78 is 0. The van der Waals surface area contributed by atoms with Crippen molar-refractivity contribution in [2.45, 2.75) is 46.1 Å². The molecular formula is C9H32N2Si3. The third-order valence-electron chi connectivity index (χ3n) is 1.56. The summed E-state index contributed by atoms with van der Waals surface area (Å²) in [4.78, 5) is 6.42. The number of hydrogen-bond donors (Lipinski definition) is 2. The second-order valence-electron chi connectivity index (χ2n) is 2.91. The van der Waals surface area contributed by atoms with Crippen molar-refractivity contribution in [2.24, 2.45) is 0 Å². The first-order valence-electron chi connectivity index (χ1n) is 6.12. The van der Waals surface area contributed by atoms with Gasteiger partial charge in [0.1, 0.15) is 0 Å². The van der Waals surface area contributed by atoms with Gasteiger partial charge in [-0.25, -0.2) is 0 Å². The highest BCUT2D eigenvalue weighted by Crippen LogP contribution is 1.79. The van der Waals surface area contributed by atoms with Gasteiger partial charge in [0.2, 0.25) is 0 Å². The standard InChI is InChI=1S/2C4H13NSi.CH6Si/c2*1-2-3-4-5-6;1-2/h2*5H,2-4H2,1,6H3;1-2H3. The Balaban J connectivity index is -0.000000147. The van der Waals surface area contributed by atoms with Crippen LogP contribution < -0.4 is 9.96 Å². The van der Waals surface area contributed by atoms with Crippen molar-refractivity contribution in [2.75, 3.05) is 13.1 Å². The van der Waals surface area contributed by atoms with Crippen molar-refractivity contribution in [3.63, 3.8) is 0 Å². The minimum absolute atomic E-state index is 1.15. The number of rotatable bonds is 6. The van der Waals surface area contributed by atoms with Crippen molar-refractivity contribution in [1.29, 1.82) is 0 Å². The topological polar surface area (TPSA) is 24.1 Å². The van der Waals surface area contributed by atoms with Crippen LogP contribution >= 0.6 is 0 Å². The fourth-order valence-electron chi connectivity index (χ4n) is 0.707. The van der Waals surface area contributed by atoms with Gasteiger partial charge in [-0.05, 0) is 36.2 Å². The summed E-state index contributed by atoms with van der Waals surface area (Å²) >= 11 is 0. The molecule has 90 valence electrons. The Kier molecular flexibility index (Phi) is 41.8. The van der Waals surface area contributed by atoms with Gasteiger partial charge in [0, 0.05) is 0 Å². The first-order valence-corrected chi connectivity index (χ1v) is 10.1. The predicted octanol–water partition coefficient (Wildman–Crippen LogP) is -1.29. The molecule has 5 heteroatoms. The van der Waals surface area contributed by atoms with E-state index in [-0.39, 0.29) is 0 Å². The van der Waals surface area contributed by atoms with E-state index < -0.39 is 0 Å². The highest BCUT2D eigenvalue weighted by molar-refractivity contribution is 6.05. The van der Waals surface area contributed by atoms with Crippen LogP contribution in [0, 0.1) is 0 Å². The highest BCUT2D eigenvalue weighted by Gasteiger charge is 1.73. The molecule has 2 nitrogen and oxygen atoms in total. The van der Waals surface area contributed by atoms with E-state index in [2.05, 4.69) is 30.4 Å². The Morgan fingerprint density at radius 2 is 1.07 bits per heavy atom. The zero-order chi connectivity index (χ0) is 11.7. The lowest BCUT2D eigenvalue weighted by Gasteiger charge is -1.89. The minimum atomic E-state index is 1.15. The zero-order valence-corrected chi connectivity index (χ0v) is 17.2. The van der Waals surface area contributed by atoms with Gasteiger partial charge in [0.15, 0.2) is 0 Å². The average Bonchev–Trinajstić information content (AvgIpc) is 2.27. The smallest absolute Gasteiger partial charge is 0.0749 e. The highest BCUT2D eigenvalue weighted by atomic mass is 28.2. The molecule has 0 bridgehead atoms. The van der Waals surface area contributed by atoms with Crippen LogP contribution in [0.2, 0.25) is 6.55 Å². The van der Waals surface area contributed by atoms with Crippen LogP contribution in [0.15, 0.2) is 0 Å². The molecule has 0 atom stereocenters. The van der Waals surface area contributed by atoms with Crippen molar-refractivity contribution in [1.82, 2.24) is 9.96 Å². The van der Waals surface area contributed by atoms with E-state index in [0.29, 0.717) is 0 Å². The van der Waals surface area contributed by atoms with Crippen LogP contribution in [0.1, 0.15) is 39.5 Å². The molecule has 0 aliphatic heterocycles. The maximum absolute atomic E-state index is 3.21. The van der Waals surface area contributed by atoms with Crippen LogP contribution in [0.5, 0.6) is 0 Å². The van der Waals surface area contributed by atoms with Gasteiger partial charge in [-0.2, -0.15) is 0 Å². The largest absolute Gasteiger partial charge is 0.345 e. The predicted molar refractivity (Wildman–Crippen MR) is 81.5 cm³/mol. The SMILES string of the molecule is CCCCN[SiH3].CCCCN[SiH3].C[SiH3]. The van der Waals surface area contributed by atoms with Gasteiger partial charge in [0.25, 0.3) is 0 Å². The monoisotopic (exact) mass is 252 g/mol. The van der Waals surface area contributed by atoms with E-state index in [9.17, 15) is 0 Å². The fraction of sp³-hybridized carbons (Fsp3) is 1.00. The van der Waals surface area contributed by atoms with Crippen LogP contribution in [-0.2, 0) is 0 Å². The Labute approximate surface area is 100 Å². The van der Waals surface area contributed by atoms with E-state index >= 15 is 0 Å². The summed E-state index contributed by atoms with van der Waals surface area (Å²) in [6.45, 7) is 9.00. The van der Waals surface area contributed by atoms with Gasteiger partial charge in [-0.15, -0.1) is 0 Å². The molecule has 2 N–H and O–H groups in total. The van der Waals surface area contributed by atoms with Crippen LogP contribution in [0.4, 0.5) is 0 Å². The first kappa shape index (κ1) is 20.0. The third-order valence-corrected chi connectivity index (χ3v) is 2.56. The summed E-state index contributed by atoms with van der Waals surface area (Å²) in [6, 6.07) is 0. The molecular weight excluding hydrogens is 220 g/mol. The second kappa shape index (κ2) is 29.2. The molecule has 14 heavy (non-hydrogen) atoms. The molecule has 0 rings (SSSR count). The van der Waals surface area contributed by atoms with Crippen molar-refractivity contribution in [3.8, 4) is 0 Å². The number of hydrogen-bond acceptors (Lipinski definition) is 2. The van der Waals surface area contributed by atoms with Gasteiger partial charge >= 0.3 is 0 Å². The van der Waals surface area contributed by atoms with E-state index in [1.807, 2.05) is 0 Å². The van der Waals surface area contributed by atoms with E-state index in [1.54, 1.807) is 0 Å². The van der Waals surface area contributed by atoms with Crippen molar-refractivity contribution < 1.29 is 0 Å². The lowest BCUT2D eigenvalue weighted by atomic mass is 10.3. The maximum Gasteiger partial charge on any atom is 0.0749 e. The average molecular weight is 253 g/mol. The van der Waals surface area contributed by atoms with Crippen LogP contribution in [0.3, 0.4) is 0 Å². The summed E-state index contributed by atoms with van der Waals surface area (Å²) in [5.74, 6) is 0. The van der Waals surface area contributed by atoms with E-state index in [4.69, 9.17) is 0 Å². The minimum Gasteiger partial charge on any atom is -0.345 e. The maximum atomic E-state index is 3.21. The van der Waals surface area contributed by atoms with Gasteiger partial charge in [-0.3, -0.25) is 0 Å². The van der Waals surface area contributed by atoms with E-state index in [1.165, 1.54) is 49.0 Å². The molecule has 0 heterocycles. The molecule has 0 aromatic carbocycles. The molecule has 0 unspecified atom stereocenters. The molecule has 0 saturated carbocycles. The van der Waals surface area contributed by atoms with Gasteiger partial charge < -0.3 is 9.96 Å². The van der Waals surface area contributed by atoms with Crippen LogP contribution in [0.25, 0.3) is 0 Å². The molecule has 0 spiro atoms. The zero-order valence-electron chi connectivity index (χ0n) is 11.2. The number of unbranched alkanes of at least 4 members (excludes halogenated alkanes) is 2. The normalized spacial score (nSPS) is 8.79. The first-order chi connectivity index (χ1) is 6.83. The summed E-state index contributed by atoms with van der Waals surface area (Å²) in [6.07, 6.45) is 5.30. The lowest BCUT2D eigenvalue weighted by Crippen LogP contribution is -2.08. The molecule has 0 fully saturated rings. The van der Waals surface area contributed by atoms with Crippen LogP contribution in [-0.4, -0.2) is 44.1 Å². The quantitative estimate of drug-likeness (QED) is 0.454. The lowest BCUT2D eigenvalue weighted by molar-refractivity contribution is 0.771. The summed E-state index contributed by atoms with van der Waals surface area (Å²) in [5, 5.41) is 0. The third kappa shape index (κ3) is 39.0. The van der Waals surface area contributed by atoms with Crippen molar-refractivity contribution >= 4 is 31.1 Å². The van der Waals surface area contributed by atoms with Gasteiger partial charge in [0.05, 0.1) is 20.8 Å². The molecule has 0 aromatic heterocycles. The Morgan fingerprint density at radius 1 is 0.786 bits per heavy atom. The number of nitrogens with one attached hydrogen (secondary N) is 2. The molecule has 0 saturated heterocycles. The molecule has 0 amide bonds. The second-order valence-corrected chi connectivity index (χ2v) is 4.33.